The maximum Gasteiger partial charge on any atom is 0.260 e. The summed E-state index contributed by atoms with van der Waals surface area (Å²) >= 11 is 0. The highest BCUT2D eigenvalue weighted by molar-refractivity contribution is 5.84. The number of aryl methyl sites for hydroxylation is 1. The lowest BCUT2D eigenvalue weighted by Gasteiger charge is -2.32. The molecular formula is C22H24N2O2. The smallest absolute Gasteiger partial charge is 0.260 e. The van der Waals surface area contributed by atoms with Crippen LogP contribution in [0, 0.1) is 0 Å². The van der Waals surface area contributed by atoms with Crippen LogP contribution in [0.4, 0.5) is 0 Å². The van der Waals surface area contributed by atoms with Crippen molar-refractivity contribution < 1.29 is 9.53 Å². The highest BCUT2D eigenvalue weighted by atomic mass is 16.5. The van der Waals surface area contributed by atoms with Crippen LogP contribution in [0.5, 0.6) is 5.75 Å². The van der Waals surface area contributed by atoms with Gasteiger partial charge in [0.2, 0.25) is 0 Å². The molecule has 4 heteroatoms. The van der Waals surface area contributed by atoms with Crippen LogP contribution in [0.25, 0.3) is 10.9 Å². The first kappa shape index (κ1) is 16.7. The van der Waals surface area contributed by atoms with E-state index in [2.05, 4.69) is 42.1 Å². The van der Waals surface area contributed by atoms with Gasteiger partial charge in [-0.25, -0.2) is 0 Å². The lowest BCUT2D eigenvalue weighted by Crippen LogP contribution is -2.40. The molecule has 1 fully saturated rings. The molecule has 4 rings (SSSR count). The van der Waals surface area contributed by atoms with E-state index in [9.17, 15) is 4.79 Å². The topological polar surface area (TPSA) is 34.5 Å². The third-order valence-corrected chi connectivity index (χ3v) is 5.32. The van der Waals surface area contributed by atoms with Gasteiger partial charge in [0.25, 0.3) is 5.91 Å². The normalized spacial score (nSPS) is 15.3. The van der Waals surface area contributed by atoms with Crippen molar-refractivity contribution in [1.82, 2.24) is 9.47 Å². The summed E-state index contributed by atoms with van der Waals surface area (Å²) in [7, 11) is 2.10. The van der Waals surface area contributed by atoms with Gasteiger partial charge in [-0.2, -0.15) is 0 Å². The van der Waals surface area contributed by atoms with Gasteiger partial charge in [-0.3, -0.25) is 4.79 Å². The first-order valence-electron chi connectivity index (χ1n) is 9.22. The fourth-order valence-electron chi connectivity index (χ4n) is 3.89. The van der Waals surface area contributed by atoms with Crippen LogP contribution in [-0.4, -0.2) is 35.1 Å². The summed E-state index contributed by atoms with van der Waals surface area (Å²) in [6, 6.07) is 18.1. The summed E-state index contributed by atoms with van der Waals surface area (Å²) in [5, 5.41) is 1.34. The van der Waals surface area contributed by atoms with Crippen LogP contribution in [-0.2, 0) is 11.8 Å². The summed E-state index contributed by atoms with van der Waals surface area (Å²) in [5.74, 6) is 1.33. The standard InChI is InChI=1S/C22H24N2O2/c1-23-15-20(19-9-5-6-10-21(19)23)17-11-13-24(14-12-17)22(25)16-26-18-7-3-2-4-8-18/h2-10,15,17H,11-14,16H2,1H3. The van der Waals surface area contributed by atoms with E-state index < -0.39 is 0 Å². The van der Waals surface area contributed by atoms with Crippen molar-refractivity contribution in [3.05, 3.63) is 66.4 Å². The molecule has 0 N–H and O–H groups in total. The largest absolute Gasteiger partial charge is 0.484 e. The van der Waals surface area contributed by atoms with Crippen LogP contribution in [0.1, 0.15) is 24.3 Å². The second kappa shape index (κ2) is 7.24. The number of fused-ring (bicyclic) bond motifs is 1. The Kier molecular flexibility index (Phi) is 4.65. The van der Waals surface area contributed by atoms with Gasteiger partial charge in [0.05, 0.1) is 0 Å². The number of ether oxygens (including phenoxy) is 1. The number of amides is 1. The van der Waals surface area contributed by atoms with Gasteiger partial charge < -0.3 is 14.2 Å². The molecule has 1 amide bonds. The third-order valence-electron chi connectivity index (χ3n) is 5.32. The highest BCUT2D eigenvalue weighted by Gasteiger charge is 2.26. The lowest BCUT2D eigenvalue weighted by molar-refractivity contribution is -0.134. The monoisotopic (exact) mass is 348 g/mol. The Morgan fingerprint density at radius 1 is 1.04 bits per heavy atom. The van der Waals surface area contributed by atoms with Gasteiger partial charge in [0.15, 0.2) is 6.61 Å². The zero-order valence-electron chi connectivity index (χ0n) is 15.1. The third kappa shape index (κ3) is 3.32. The quantitative estimate of drug-likeness (QED) is 0.715. The molecular weight excluding hydrogens is 324 g/mol. The summed E-state index contributed by atoms with van der Waals surface area (Å²) in [6.45, 7) is 1.71. The molecule has 2 aromatic carbocycles. The van der Waals surface area contributed by atoms with E-state index in [0.717, 1.165) is 31.7 Å². The summed E-state index contributed by atoms with van der Waals surface area (Å²) < 4.78 is 7.80. The number of hydrogen-bond donors (Lipinski definition) is 0. The van der Waals surface area contributed by atoms with Crippen molar-refractivity contribution >= 4 is 16.8 Å². The molecule has 1 aromatic heterocycles. The van der Waals surface area contributed by atoms with Crippen molar-refractivity contribution in [2.75, 3.05) is 19.7 Å². The van der Waals surface area contributed by atoms with Crippen LogP contribution in [0.3, 0.4) is 0 Å². The first-order valence-corrected chi connectivity index (χ1v) is 9.22. The van der Waals surface area contributed by atoms with Gasteiger partial charge in [0.1, 0.15) is 5.75 Å². The summed E-state index contributed by atoms with van der Waals surface area (Å²) in [4.78, 5) is 14.4. The number of carbonyl (C=O) groups is 1. The Labute approximate surface area is 154 Å². The molecule has 1 saturated heterocycles. The first-order chi connectivity index (χ1) is 12.7. The zero-order chi connectivity index (χ0) is 17.9. The Morgan fingerprint density at radius 3 is 2.50 bits per heavy atom. The second-order valence-electron chi connectivity index (χ2n) is 6.97. The van der Waals surface area contributed by atoms with Crippen molar-refractivity contribution in [2.24, 2.45) is 7.05 Å². The maximum absolute atomic E-state index is 12.4. The molecule has 0 atom stereocenters. The van der Waals surface area contributed by atoms with Crippen LogP contribution >= 0.6 is 0 Å². The Morgan fingerprint density at radius 2 is 1.73 bits per heavy atom. The SMILES string of the molecule is Cn1cc(C2CCN(C(=O)COc3ccccc3)CC2)c2ccccc21. The van der Waals surface area contributed by atoms with E-state index in [0.29, 0.717) is 5.92 Å². The van der Waals surface area contributed by atoms with Crippen molar-refractivity contribution in [3.63, 3.8) is 0 Å². The molecule has 0 bridgehead atoms. The number of para-hydroxylation sites is 2. The predicted octanol–water partition coefficient (Wildman–Crippen LogP) is 3.96. The minimum atomic E-state index is 0.0743. The van der Waals surface area contributed by atoms with Crippen LogP contribution in [0.2, 0.25) is 0 Å². The Bertz CT molecular complexity index is 893. The summed E-state index contributed by atoms with van der Waals surface area (Å²) in [6.07, 6.45) is 4.27. The number of benzene rings is 2. The second-order valence-corrected chi connectivity index (χ2v) is 6.97. The van der Waals surface area contributed by atoms with E-state index in [4.69, 9.17) is 4.74 Å². The number of piperidine rings is 1. The van der Waals surface area contributed by atoms with Gasteiger partial charge in [-0.1, -0.05) is 36.4 Å². The van der Waals surface area contributed by atoms with Gasteiger partial charge in [-0.15, -0.1) is 0 Å². The Balaban J connectivity index is 1.37. The number of likely N-dealkylation sites (tertiary alicyclic amines) is 1. The minimum Gasteiger partial charge on any atom is -0.484 e. The molecule has 26 heavy (non-hydrogen) atoms. The van der Waals surface area contributed by atoms with Crippen molar-refractivity contribution in [1.29, 1.82) is 0 Å². The highest BCUT2D eigenvalue weighted by Crippen LogP contribution is 2.34. The van der Waals surface area contributed by atoms with E-state index in [1.54, 1.807) is 0 Å². The minimum absolute atomic E-state index is 0.0743. The van der Waals surface area contributed by atoms with E-state index in [-0.39, 0.29) is 12.5 Å². The van der Waals surface area contributed by atoms with Crippen molar-refractivity contribution in [2.45, 2.75) is 18.8 Å². The molecule has 2 heterocycles. The maximum atomic E-state index is 12.4. The van der Waals surface area contributed by atoms with E-state index in [1.165, 1.54) is 16.5 Å². The number of carbonyl (C=O) groups excluding carboxylic acids is 1. The molecule has 1 aliphatic heterocycles. The fourth-order valence-corrected chi connectivity index (χ4v) is 3.89. The van der Waals surface area contributed by atoms with E-state index in [1.807, 2.05) is 35.2 Å². The Hall–Kier alpha value is -2.75. The molecule has 0 saturated carbocycles. The molecule has 0 spiro atoms. The molecule has 3 aromatic rings. The van der Waals surface area contributed by atoms with E-state index >= 15 is 0 Å². The van der Waals surface area contributed by atoms with Gasteiger partial charge >= 0.3 is 0 Å². The number of nitrogens with zero attached hydrogens (tertiary/aromatic N) is 2. The van der Waals surface area contributed by atoms with Gasteiger partial charge in [-0.05, 0) is 42.5 Å². The lowest BCUT2D eigenvalue weighted by atomic mass is 9.89. The van der Waals surface area contributed by atoms with Crippen LogP contribution in [0.15, 0.2) is 60.8 Å². The molecule has 0 radical (unpaired) electrons. The number of hydrogen-bond acceptors (Lipinski definition) is 2. The average Bonchev–Trinajstić information content (AvgIpc) is 3.04. The number of aromatic nitrogens is 1. The molecule has 0 aliphatic carbocycles. The fraction of sp³-hybridized carbons (Fsp3) is 0.318. The predicted molar refractivity (Wildman–Crippen MR) is 103 cm³/mol. The zero-order valence-corrected chi connectivity index (χ0v) is 15.1. The molecule has 134 valence electrons. The van der Waals surface area contributed by atoms with Crippen LogP contribution < -0.4 is 4.74 Å². The van der Waals surface area contributed by atoms with Crippen molar-refractivity contribution in [3.8, 4) is 5.75 Å². The summed E-state index contributed by atoms with van der Waals surface area (Å²) in [5.41, 5.74) is 2.69. The van der Waals surface area contributed by atoms with Gasteiger partial charge in [0, 0.05) is 37.2 Å². The molecule has 0 unspecified atom stereocenters. The molecule has 1 aliphatic rings. The average molecular weight is 348 g/mol. The molecule has 4 nitrogen and oxygen atoms in total. The number of rotatable bonds is 4.